The predicted molar refractivity (Wildman–Crippen MR) is 37.6 cm³/mol. The Morgan fingerprint density at radius 2 is 2.50 bits per heavy atom. The average molecular weight is 167 g/mol. The fraction of sp³-hybridized carbons (Fsp3) is 0.333. The van der Waals surface area contributed by atoms with Gasteiger partial charge in [-0.15, -0.1) is 5.10 Å². The van der Waals surface area contributed by atoms with Gasteiger partial charge in [-0.2, -0.15) is 12.6 Å². The van der Waals surface area contributed by atoms with Crippen molar-refractivity contribution in [3.63, 3.8) is 0 Å². The van der Waals surface area contributed by atoms with Crippen LogP contribution in [0.15, 0.2) is 0 Å². The van der Waals surface area contributed by atoms with Crippen molar-refractivity contribution in [3.05, 3.63) is 10.0 Å². The molecule has 5 heteroatoms. The Balaban J connectivity index is 2.92. The summed E-state index contributed by atoms with van der Waals surface area (Å²) < 4.78 is 4.24. The lowest BCUT2D eigenvalue weighted by Gasteiger charge is -1.80. The number of rotatable bonds is 1. The Kier molecular flexibility index (Phi) is 2.10. The highest BCUT2D eigenvalue weighted by Gasteiger charge is 1.99. The Bertz CT molecular complexity index is 176. The average Bonchev–Trinajstić information content (AvgIpc) is 2.14. The summed E-state index contributed by atoms with van der Waals surface area (Å²) in [4.78, 5) is 0. The minimum Gasteiger partial charge on any atom is -0.173 e. The second-order valence-corrected chi connectivity index (χ2v) is 2.82. The number of hydrogen-bond donors (Lipinski definition) is 1. The molecule has 0 radical (unpaired) electrons. The van der Waals surface area contributed by atoms with Crippen LogP contribution in [-0.4, -0.2) is 9.59 Å². The molecule has 0 bridgehead atoms. The van der Waals surface area contributed by atoms with E-state index in [-0.39, 0.29) is 0 Å². The van der Waals surface area contributed by atoms with Crippen LogP contribution >= 0.6 is 35.8 Å². The van der Waals surface area contributed by atoms with Crippen molar-refractivity contribution in [2.24, 2.45) is 0 Å². The largest absolute Gasteiger partial charge is 0.173 e. The first-order chi connectivity index (χ1) is 3.84. The summed E-state index contributed by atoms with van der Waals surface area (Å²) in [7, 11) is 0. The summed E-state index contributed by atoms with van der Waals surface area (Å²) in [6.45, 7) is 0. The van der Waals surface area contributed by atoms with E-state index in [2.05, 4.69) is 22.2 Å². The fourth-order valence-electron chi connectivity index (χ4n) is 0.291. The zero-order chi connectivity index (χ0) is 5.98. The van der Waals surface area contributed by atoms with Crippen molar-refractivity contribution < 1.29 is 0 Å². The number of aromatic nitrogens is 2. The standard InChI is InChI=1S/C3H3ClN2S2/c4-3-2(1-7)5-6-8-3/h7H,1H2. The van der Waals surface area contributed by atoms with Crippen LogP contribution in [-0.2, 0) is 5.75 Å². The van der Waals surface area contributed by atoms with Crippen molar-refractivity contribution in [3.8, 4) is 0 Å². The fourth-order valence-corrected chi connectivity index (χ4v) is 1.34. The van der Waals surface area contributed by atoms with Gasteiger partial charge in [0.2, 0.25) is 0 Å². The predicted octanol–water partition coefficient (Wildman–Crippen LogP) is 1.62. The first-order valence-corrected chi connectivity index (χ1v) is 3.70. The van der Waals surface area contributed by atoms with Crippen molar-refractivity contribution in [1.29, 1.82) is 0 Å². The molecule has 0 aromatic carbocycles. The number of halogens is 1. The summed E-state index contributed by atoms with van der Waals surface area (Å²) >= 11 is 10.7. The van der Waals surface area contributed by atoms with Gasteiger partial charge in [-0.3, -0.25) is 0 Å². The SMILES string of the molecule is SCc1nnsc1Cl. The smallest absolute Gasteiger partial charge is 0.138 e. The molecule has 1 aromatic rings. The third-order valence-electron chi connectivity index (χ3n) is 0.659. The van der Waals surface area contributed by atoms with E-state index >= 15 is 0 Å². The van der Waals surface area contributed by atoms with Crippen LogP contribution < -0.4 is 0 Å². The molecule has 1 rings (SSSR count). The lowest BCUT2D eigenvalue weighted by Crippen LogP contribution is -1.75. The highest BCUT2D eigenvalue weighted by atomic mass is 35.5. The van der Waals surface area contributed by atoms with E-state index in [0.717, 1.165) is 5.69 Å². The summed E-state index contributed by atoms with van der Waals surface area (Å²) in [6, 6.07) is 0. The molecule has 8 heavy (non-hydrogen) atoms. The van der Waals surface area contributed by atoms with Crippen molar-refractivity contribution in [2.75, 3.05) is 0 Å². The molecule has 0 N–H and O–H groups in total. The molecular formula is C3H3ClN2S2. The van der Waals surface area contributed by atoms with Gasteiger partial charge in [-0.05, 0) is 0 Å². The van der Waals surface area contributed by atoms with Gasteiger partial charge < -0.3 is 0 Å². The van der Waals surface area contributed by atoms with E-state index in [9.17, 15) is 0 Å². The molecule has 0 amide bonds. The molecule has 0 aliphatic heterocycles. The Morgan fingerprint density at radius 1 is 1.75 bits per heavy atom. The molecule has 0 saturated carbocycles. The Labute approximate surface area is 61.4 Å². The van der Waals surface area contributed by atoms with E-state index in [0.29, 0.717) is 10.1 Å². The molecule has 0 unspecified atom stereocenters. The first-order valence-electron chi connectivity index (χ1n) is 1.92. The third-order valence-corrected chi connectivity index (χ3v) is 1.94. The molecule has 0 fully saturated rings. The molecule has 0 spiro atoms. The van der Waals surface area contributed by atoms with Gasteiger partial charge in [0.05, 0.1) is 0 Å². The van der Waals surface area contributed by atoms with Gasteiger partial charge in [-0.25, -0.2) is 0 Å². The van der Waals surface area contributed by atoms with Gasteiger partial charge in [0.1, 0.15) is 10.0 Å². The monoisotopic (exact) mass is 166 g/mol. The van der Waals surface area contributed by atoms with E-state index in [1.807, 2.05) is 0 Å². The van der Waals surface area contributed by atoms with Crippen LogP contribution in [0.4, 0.5) is 0 Å². The quantitative estimate of drug-likeness (QED) is 0.642. The highest BCUT2D eigenvalue weighted by molar-refractivity contribution is 7.79. The number of nitrogens with zero attached hydrogens (tertiary/aromatic N) is 2. The van der Waals surface area contributed by atoms with Gasteiger partial charge in [0, 0.05) is 17.3 Å². The van der Waals surface area contributed by atoms with E-state index in [1.54, 1.807) is 0 Å². The molecule has 0 aliphatic rings. The molecule has 2 nitrogen and oxygen atoms in total. The van der Waals surface area contributed by atoms with E-state index in [4.69, 9.17) is 11.6 Å². The number of thiol groups is 1. The van der Waals surface area contributed by atoms with Gasteiger partial charge in [-0.1, -0.05) is 16.1 Å². The maximum absolute atomic E-state index is 5.58. The normalized spacial score (nSPS) is 9.75. The molecule has 0 atom stereocenters. The summed E-state index contributed by atoms with van der Waals surface area (Å²) in [5, 5.41) is 3.69. The van der Waals surface area contributed by atoms with Crippen LogP contribution in [0.2, 0.25) is 4.34 Å². The second kappa shape index (κ2) is 2.66. The maximum Gasteiger partial charge on any atom is 0.138 e. The Hall–Kier alpha value is 0.200. The summed E-state index contributed by atoms with van der Waals surface area (Å²) in [5.41, 5.74) is 0.764. The zero-order valence-electron chi connectivity index (χ0n) is 3.83. The van der Waals surface area contributed by atoms with Gasteiger partial charge in [0.15, 0.2) is 0 Å². The topological polar surface area (TPSA) is 25.8 Å². The second-order valence-electron chi connectivity index (χ2n) is 1.15. The van der Waals surface area contributed by atoms with Crippen molar-refractivity contribution in [2.45, 2.75) is 5.75 Å². The lowest BCUT2D eigenvalue weighted by molar-refractivity contribution is 1.08. The Morgan fingerprint density at radius 3 is 2.75 bits per heavy atom. The van der Waals surface area contributed by atoms with E-state index < -0.39 is 0 Å². The van der Waals surface area contributed by atoms with Crippen LogP contribution in [0.25, 0.3) is 0 Å². The molecule has 1 aromatic heterocycles. The van der Waals surface area contributed by atoms with Gasteiger partial charge in [0.25, 0.3) is 0 Å². The van der Waals surface area contributed by atoms with Crippen LogP contribution in [0.5, 0.6) is 0 Å². The zero-order valence-corrected chi connectivity index (χ0v) is 6.30. The summed E-state index contributed by atoms with van der Waals surface area (Å²) in [6.07, 6.45) is 0. The number of hydrogen-bond acceptors (Lipinski definition) is 4. The lowest BCUT2D eigenvalue weighted by atomic mass is 10.6. The molecule has 0 aliphatic carbocycles. The van der Waals surface area contributed by atoms with Crippen molar-refractivity contribution in [1.82, 2.24) is 9.59 Å². The van der Waals surface area contributed by atoms with Crippen LogP contribution in [0.3, 0.4) is 0 Å². The van der Waals surface area contributed by atoms with Gasteiger partial charge >= 0.3 is 0 Å². The molecule has 0 saturated heterocycles. The van der Waals surface area contributed by atoms with Crippen LogP contribution in [0.1, 0.15) is 5.69 Å². The molecule has 1 heterocycles. The van der Waals surface area contributed by atoms with Crippen molar-refractivity contribution >= 4 is 35.8 Å². The molecular weight excluding hydrogens is 164 g/mol. The minimum absolute atomic E-state index is 0.565. The molecule has 44 valence electrons. The first kappa shape index (κ1) is 6.32. The summed E-state index contributed by atoms with van der Waals surface area (Å²) in [5.74, 6) is 0.565. The van der Waals surface area contributed by atoms with E-state index in [1.165, 1.54) is 11.5 Å². The highest BCUT2D eigenvalue weighted by Crippen LogP contribution is 2.17. The maximum atomic E-state index is 5.58. The van der Waals surface area contributed by atoms with Crippen LogP contribution in [0, 0.1) is 0 Å². The third kappa shape index (κ3) is 1.13. The minimum atomic E-state index is 0.565.